The van der Waals surface area contributed by atoms with E-state index in [0.717, 1.165) is 30.1 Å². The molecule has 1 heterocycles. The van der Waals surface area contributed by atoms with Crippen molar-refractivity contribution in [2.45, 2.75) is 38.1 Å². The van der Waals surface area contributed by atoms with Gasteiger partial charge in [-0.1, -0.05) is 0 Å². The van der Waals surface area contributed by atoms with Crippen LogP contribution in [0.15, 0.2) is 0 Å². The van der Waals surface area contributed by atoms with E-state index in [1.165, 1.54) is 32.2 Å². The van der Waals surface area contributed by atoms with E-state index in [-0.39, 0.29) is 0 Å². The first-order valence-electron chi connectivity index (χ1n) is 6.27. The highest BCUT2D eigenvalue weighted by molar-refractivity contribution is 4.92. The fourth-order valence-electron chi connectivity index (χ4n) is 2.42. The fourth-order valence-corrected chi connectivity index (χ4v) is 2.42. The van der Waals surface area contributed by atoms with Crippen LogP contribution in [0.4, 0.5) is 0 Å². The van der Waals surface area contributed by atoms with E-state index in [0.29, 0.717) is 0 Å². The van der Waals surface area contributed by atoms with E-state index in [1.54, 1.807) is 4.80 Å². The van der Waals surface area contributed by atoms with Gasteiger partial charge in [-0.25, -0.2) is 0 Å². The molecule has 0 bridgehead atoms. The first kappa shape index (κ1) is 10.2. The Kier molecular flexibility index (Phi) is 2.63. The van der Waals surface area contributed by atoms with Crippen LogP contribution in [0, 0.1) is 11.8 Å². The molecule has 1 aromatic rings. The largest absolute Gasteiger partial charge is 0.314 e. The van der Waals surface area contributed by atoms with Crippen molar-refractivity contribution in [1.29, 1.82) is 0 Å². The van der Waals surface area contributed by atoms with Gasteiger partial charge in [0.15, 0.2) is 5.82 Å². The molecule has 1 aromatic heterocycles. The zero-order valence-corrected chi connectivity index (χ0v) is 9.76. The predicted molar refractivity (Wildman–Crippen MR) is 59.7 cm³/mol. The third-order valence-electron chi connectivity index (χ3n) is 3.82. The smallest absolute Gasteiger partial charge is 0.175 e. The summed E-state index contributed by atoms with van der Waals surface area (Å²) in [6.07, 6.45) is 6.46. The Bertz CT molecular complexity index is 357. The molecule has 5 heteroatoms. The number of hydrogen-bond acceptors (Lipinski definition) is 4. The highest BCUT2D eigenvalue weighted by Crippen LogP contribution is 2.36. The van der Waals surface area contributed by atoms with Crippen LogP contribution in [0.25, 0.3) is 0 Å². The van der Waals surface area contributed by atoms with Gasteiger partial charge in [0.1, 0.15) is 0 Å². The second-order valence-corrected chi connectivity index (χ2v) is 5.18. The average molecular weight is 221 g/mol. The lowest BCUT2D eigenvalue weighted by Crippen LogP contribution is -2.37. The summed E-state index contributed by atoms with van der Waals surface area (Å²) in [5, 5.41) is 15.8. The van der Waals surface area contributed by atoms with Crippen molar-refractivity contribution in [2.75, 3.05) is 6.54 Å². The van der Waals surface area contributed by atoms with Crippen molar-refractivity contribution < 1.29 is 0 Å². The molecule has 5 nitrogen and oxygen atoms in total. The van der Waals surface area contributed by atoms with Gasteiger partial charge >= 0.3 is 0 Å². The van der Waals surface area contributed by atoms with Gasteiger partial charge in [-0.15, -0.1) is 10.2 Å². The average Bonchev–Trinajstić information content (AvgIpc) is 2.97. The molecule has 16 heavy (non-hydrogen) atoms. The quantitative estimate of drug-likeness (QED) is 0.788. The molecule has 2 unspecified atom stereocenters. The third kappa shape index (κ3) is 2.24. The van der Waals surface area contributed by atoms with Crippen LogP contribution in [0.3, 0.4) is 0 Å². The molecule has 0 aromatic carbocycles. The van der Waals surface area contributed by atoms with E-state index in [2.05, 4.69) is 20.7 Å². The third-order valence-corrected chi connectivity index (χ3v) is 3.82. The van der Waals surface area contributed by atoms with Crippen molar-refractivity contribution in [3.8, 4) is 0 Å². The Labute approximate surface area is 95.6 Å². The lowest BCUT2D eigenvalue weighted by Gasteiger charge is -2.36. The van der Waals surface area contributed by atoms with Crippen LogP contribution < -0.4 is 5.32 Å². The van der Waals surface area contributed by atoms with E-state index >= 15 is 0 Å². The normalized spacial score (nSPS) is 29.1. The molecule has 2 saturated carbocycles. The van der Waals surface area contributed by atoms with Gasteiger partial charge in [0.2, 0.25) is 0 Å². The number of aryl methyl sites for hydroxylation is 1. The first-order valence-corrected chi connectivity index (χ1v) is 6.27. The summed E-state index contributed by atoms with van der Waals surface area (Å²) in [6, 6.07) is 0.830. The minimum Gasteiger partial charge on any atom is -0.314 e. The lowest BCUT2D eigenvalue weighted by atomic mass is 9.72. The van der Waals surface area contributed by atoms with Gasteiger partial charge in [0.25, 0.3) is 0 Å². The number of nitrogens with zero attached hydrogens (tertiary/aromatic N) is 4. The number of tetrazole rings is 1. The maximum absolute atomic E-state index is 4.25. The van der Waals surface area contributed by atoms with Gasteiger partial charge in [0.05, 0.1) is 7.05 Å². The minimum atomic E-state index is 0.774. The highest BCUT2D eigenvalue weighted by Gasteiger charge is 2.33. The van der Waals surface area contributed by atoms with Gasteiger partial charge in [-0.3, -0.25) is 0 Å². The summed E-state index contributed by atoms with van der Waals surface area (Å²) >= 11 is 0. The van der Waals surface area contributed by atoms with E-state index in [1.807, 2.05) is 7.05 Å². The summed E-state index contributed by atoms with van der Waals surface area (Å²) in [5.41, 5.74) is 0. The first-order chi connectivity index (χ1) is 7.81. The maximum Gasteiger partial charge on any atom is 0.175 e. The zero-order valence-electron chi connectivity index (χ0n) is 9.76. The van der Waals surface area contributed by atoms with Crippen molar-refractivity contribution in [1.82, 2.24) is 25.5 Å². The summed E-state index contributed by atoms with van der Waals surface area (Å²) in [7, 11) is 1.82. The summed E-state index contributed by atoms with van der Waals surface area (Å²) in [5.74, 6) is 2.52. The molecule has 1 N–H and O–H groups in total. The Morgan fingerprint density at radius 3 is 2.62 bits per heavy atom. The topological polar surface area (TPSA) is 55.6 Å². The lowest BCUT2D eigenvalue weighted by molar-refractivity contribution is 0.168. The van der Waals surface area contributed by atoms with Crippen LogP contribution >= 0.6 is 0 Å². The Hall–Kier alpha value is -0.970. The van der Waals surface area contributed by atoms with E-state index in [9.17, 15) is 0 Å². The van der Waals surface area contributed by atoms with Crippen LogP contribution in [-0.4, -0.2) is 32.8 Å². The molecule has 2 fully saturated rings. The van der Waals surface area contributed by atoms with Crippen LogP contribution in [-0.2, 0) is 13.5 Å². The molecule has 0 aliphatic heterocycles. The standard InChI is InChI=1S/C11H19N5/c1-16-14-11(13-15-16)6-8-2-3-9(8)7-12-10-4-5-10/h8-10,12H,2-7H2,1H3. The Morgan fingerprint density at radius 1 is 1.25 bits per heavy atom. The number of hydrogen-bond donors (Lipinski definition) is 1. The molecule has 0 saturated heterocycles. The summed E-state index contributed by atoms with van der Waals surface area (Å²) in [6.45, 7) is 1.19. The molecule has 0 spiro atoms. The highest BCUT2D eigenvalue weighted by atomic mass is 15.6. The van der Waals surface area contributed by atoms with Gasteiger partial charge in [-0.2, -0.15) is 4.80 Å². The molecular weight excluding hydrogens is 202 g/mol. The van der Waals surface area contributed by atoms with Crippen molar-refractivity contribution in [2.24, 2.45) is 18.9 Å². The van der Waals surface area contributed by atoms with Crippen molar-refractivity contribution in [3.05, 3.63) is 5.82 Å². The number of rotatable bonds is 5. The zero-order chi connectivity index (χ0) is 11.0. The monoisotopic (exact) mass is 221 g/mol. The van der Waals surface area contributed by atoms with E-state index < -0.39 is 0 Å². The Morgan fingerprint density at radius 2 is 2.06 bits per heavy atom. The maximum atomic E-state index is 4.25. The minimum absolute atomic E-state index is 0.774. The van der Waals surface area contributed by atoms with Crippen LogP contribution in [0.1, 0.15) is 31.5 Å². The summed E-state index contributed by atoms with van der Waals surface area (Å²) < 4.78 is 0. The SMILES string of the molecule is Cn1nnc(CC2CCC2CNC2CC2)n1. The molecular formula is C11H19N5. The second kappa shape index (κ2) is 4.13. The molecule has 3 rings (SSSR count). The second-order valence-electron chi connectivity index (χ2n) is 5.18. The van der Waals surface area contributed by atoms with Crippen molar-refractivity contribution >= 4 is 0 Å². The van der Waals surface area contributed by atoms with Gasteiger partial charge in [0, 0.05) is 12.5 Å². The van der Waals surface area contributed by atoms with Crippen LogP contribution in [0.5, 0.6) is 0 Å². The molecule has 0 radical (unpaired) electrons. The van der Waals surface area contributed by atoms with Gasteiger partial charge < -0.3 is 5.32 Å². The van der Waals surface area contributed by atoms with Crippen molar-refractivity contribution in [3.63, 3.8) is 0 Å². The van der Waals surface area contributed by atoms with Gasteiger partial charge in [-0.05, 0) is 49.3 Å². The molecule has 0 amide bonds. The fraction of sp³-hybridized carbons (Fsp3) is 0.909. The van der Waals surface area contributed by atoms with E-state index in [4.69, 9.17) is 0 Å². The predicted octanol–water partition coefficient (Wildman–Crippen LogP) is 0.531. The molecule has 88 valence electrons. The number of nitrogens with one attached hydrogen (secondary N) is 1. The molecule has 2 atom stereocenters. The van der Waals surface area contributed by atoms with Crippen LogP contribution in [0.2, 0.25) is 0 Å². The Balaban J connectivity index is 1.47. The molecule has 2 aliphatic rings. The molecule has 2 aliphatic carbocycles. The number of aromatic nitrogens is 4. The summed E-state index contributed by atoms with van der Waals surface area (Å²) in [4.78, 5) is 1.55.